The number of nitrogens with one attached hydrogen (secondary N) is 4. The lowest BCUT2D eigenvalue weighted by atomic mass is 10.0. The van der Waals surface area contributed by atoms with E-state index in [9.17, 15) is 19.2 Å². The monoisotopic (exact) mass is 728 g/mol. The van der Waals surface area contributed by atoms with Gasteiger partial charge in [0.2, 0.25) is 5.91 Å². The Labute approximate surface area is 309 Å². The van der Waals surface area contributed by atoms with Gasteiger partial charge in [-0.15, -0.1) is 0 Å². The summed E-state index contributed by atoms with van der Waals surface area (Å²) < 4.78 is 9.26. The number of urea groups is 1. The maximum absolute atomic E-state index is 12.8. The van der Waals surface area contributed by atoms with Gasteiger partial charge >= 0.3 is 12.1 Å². The van der Waals surface area contributed by atoms with Crippen molar-refractivity contribution in [1.29, 1.82) is 0 Å². The number of unbranched alkanes of at least 4 members (excludes halogenated alkanes) is 8. The number of anilines is 2. The number of carbonyl (C=O) groups is 4. The number of fused-ring (bicyclic) bond motifs is 1. The van der Waals surface area contributed by atoms with Crippen molar-refractivity contribution in [3.05, 3.63) is 59.8 Å². The summed E-state index contributed by atoms with van der Waals surface area (Å²) in [5.74, 6) is 0.898. The highest BCUT2D eigenvalue weighted by Crippen LogP contribution is 2.36. The fourth-order valence-electron chi connectivity index (χ4n) is 7.13. The SMILES string of the molecule is CC(C)NC(=O)O[C@H]1CC[C@@H](c2cc(NC(=O)c3cnn(CCCCCCCCCCCc4ccn5c(N6CCC(=O)NC6=O)cnc5c4)c3)[nH]n2)C1. The molecule has 6 rings (SSSR count). The number of hydrogen-bond acceptors (Lipinski definition) is 8. The van der Waals surface area contributed by atoms with Crippen molar-refractivity contribution in [3.8, 4) is 0 Å². The Balaban J connectivity index is 0.797. The van der Waals surface area contributed by atoms with Crippen LogP contribution in [0.2, 0.25) is 0 Å². The fourth-order valence-corrected chi connectivity index (χ4v) is 7.13. The van der Waals surface area contributed by atoms with Gasteiger partial charge in [-0.1, -0.05) is 44.9 Å². The van der Waals surface area contributed by atoms with Crippen molar-refractivity contribution >= 4 is 41.2 Å². The van der Waals surface area contributed by atoms with Crippen LogP contribution in [-0.4, -0.2) is 72.0 Å². The van der Waals surface area contributed by atoms with Crippen LogP contribution >= 0.6 is 0 Å². The van der Waals surface area contributed by atoms with Crippen LogP contribution in [0.25, 0.3) is 5.65 Å². The Morgan fingerprint density at radius 2 is 1.77 bits per heavy atom. The van der Waals surface area contributed by atoms with Gasteiger partial charge in [0, 0.05) is 49.9 Å². The average molecular weight is 729 g/mol. The summed E-state index contributed by atoms with van der Waals surface area (Å²) >= 11 is 0. The lowest BCUT2D eigenvalue weighted by Crippen LogP contribution is -2.50. The van der Waals surface area contributed by atoms with Crippen LogP contribution in [0.15, 0.2) is 43.0 Å². The van der Waals surface area contributed by atoms with Crippen molar-refractivity contribution in [3.63, 3.8) is 0 Å². The maximum Gasteiger partial charge on any atom is 0.407 e. The number of aryl methyl sites for hydroxylation is 2. The molecule has 1 saturated heterocycles. The Hall–Kier alpha value is -5.21. The Kier molecular flexibility index (Phi) is 12.8. The number of pyridine rings is 1. The minimum absolute atomic E-state index is 0.0322. The van der Waals surface area contributed by atoms with Crippen molar-refractivity contribution in [2.75, 3.05) is 16.8 Å². The molecule has 4 aromatic rings. The van der Waals surface area contributed by atoms with E-state index in [0.717, 1.165) is 56.4 Å². The third-order valence-corrected chi connectivity index (χ3v) is 9.97. The number of amides is 5. The molecule has 2 fully saturated rings. The molecule has 0 unspecified atom stereocenters. The predicted octanol–water partition coefficient (Wildman–Crippen LogP) is 6.48. The number of aromatic amines is 1. The second-order valence-corrected chi connectivity index (χ2v) is 14.6. The molecule has 1 aliphatic heterocycles. The summed E-state index contributed by atoms with van der Waals surface area (Å²) in [5, 5.41) is 19.7. The second-order valence-electron chi connectivity index (χ2n) is 14.6. The highest BCUT2D eigenvalue weighted by atomic mass is 16.6. The van der Waals surface area contributed by atoms with E-state index in [1.807, 2.05) is 35.2 Å². The van der Waals surface area contributed by atoms with Gasteiger partial charge in [0.25, 0.3) is 5.91 Å². The molecule has 0 bridgehead atoms. The van der Waals surface area contributed by atoms with Crippen LogP contribution in [-0.2, 0) is 22.5 Å². The van der Waals surface area contributed by atoms with Crippen LogP contribution in [0.4, 0.5) is 21.2 Å². The average Bonchev–Trinajstić information content (AvgIpc) is 3.94. The van der Waals surface area contributed by atoms with Gasteiger partial charge in [0.05, 0.1) is 23.7 Å². The molecule has 53 heavy (non-hydrogen) atoms. The molecule has 4 aromatic heterocycles. The molecule has 15 nitrogen and oxygen atoms in total. The fraction of sp³-hybridized carbons (Fsp3) is 0.553. The number of nitrogens with zero attached hydrogens (tertiary/aromatic N) is 6. The van der Waals surface area contributed by atoms with Crippen molar-refractivity contribution in [2.24, 2.45) is 0 Å². The van der Waals surface area contributed by atoms with Gasteiger partial charge in [0.1, 0.15) is 23.4 Å². The minimum Gasteiger partial charge on any atom is -0.446 e. The lowest BCUT2D eigenvalue weighted by Gasteiger charge is -2.25. The van der Waals surface area contributed by atoms with E-state index in [1.54, 1.807) is 23.5 Å². The van der Waals surface area contributed by atoms with Crippen LogP contribution in [0.3, 0.4) is 0 Å². The third-order valence-electron chi connectivity index (χ3n) is 9.97. The smallest absolute Gasteiger partial charge is 0.407 e. The third kappa shape index (κ3) is 10.4. The Morgan fingerprint density at radius 3 is 2.55 bits per heavy atom. The largest absolute Gasteiger partial charge is 0.446 e. The number of imidazole rings is 1. The summed E-state index contributed by atoms with van der Waals surface area (Å²) in [7, 11) is 0. The number of ether oxygens (including phenoxy) is 1. The van der Waals surface area contributed by atoms with Crippen LogP contribution in [0, 0.1) is 0 Å². The van der Waals surface area contributed by atoms with E-state index in [2.05, 4.69) is 48.4 Å². The van der Waals surface area contributed by atoms with E-state index in [1.165, 1.54) is 44.1 Å². The number of H-pyrrole nitrogens is 1. The molecular weight excluding hydrogens is 676 g/mol. The molecule has 1 saturated carbocycles. The predicted molar refractivity (Wildman–Crippen MR) is 200 cm³/mol. The second kappa shape index (κ2) is 18.0. The molecule has 15 heteroatoms. The summed E-state index contributed by atoms with van der Waals surface area (Å²) in [4.78, 5) is 54.5. The summed E-state index contributed by atoms with van der Waals surface area (Å²) in [6.45, 7) is 4.93. The van der Waals surface area contributed by atoms with Gasteiger partial charge < -0.3 is 15.4 Å². The van der Waals surface area contributed by atoms with Crippen molar-refractivity contribution in [2.45, 2.75) is 128 Å². The molecule has 5 heterocycles. The van der Waals surface area contributed by atoms with E-state index >= 15 is 0 Å². The molecule has 284 valence electrons. The first-order valence-corrected chi connectivity index (χ1v) is 19.2. The van der Waals surface area contributed by atoms with Gasteiger partial charge in [-0.2, -0.15) is 10.2 Å². The topological polar surface area (TPSA) is 181 Å². The Bertz CT molecular complexity index is 1860. The standard InChI is InChI=1S/C38H52N10O5/c1-26(2)41-38(52)53-30-14-13-28(21-30)31-22-32(45-44-31)42-36(50)29-23-40-46(25-29)17-11-9-7-5-3-4-6-8-10-12-27-15-18-47-33(20-27)39-24-35(47)48-19-16-34(49)43-37(48)51/h15,18,20,22-26,28,30H,3-14,16-17,19,21H2,1-2H3,(H,41,52)(H,43,49,51)(H2,42,44,45,50)/t28-,30+/m1/s1. The first kappa shape index (κ1) is 37.5. The number of hydrogen-bond donors (Lipinski definition) is 4. The molecule has 0 spiro atoms. The van der Waals surface area contributed by atoms with Gasteiger partial charge in [-0.05, 0) is 70.1 Å². The van der Waals surface area contributed by atoms with E-state index in [0.29, 0.717) is 30.2 Å². The van der Waals surface area contributed by atoms with Gasteiger partial charge in [-0.3, -0.25) is 34.0 Å². The minimum atomic E-state index is -0.405. The van der Waals surface area contributed by atoms with Gasteiger partial charge in [-0.25, -0.2) is 14.6 Å². The first-order valence-electron chi connectivity index (χ1n) is 19.2. The summed E-state index contributed by atoms with van der Waals surface area (Å²) in [6, 6.07) is 5.65. The van der Waals surface area contributed by atoms with Crippen LogP contribution in [0.5, 0.6) is 0 Å². The zero-order chi connectivity index (χ0) is 37.2. The number of imide groups is 1. The molecule has 5 amide bonds. The highest BCUT2D eigenvalue weighted by Gasteiger charge is 2.31. The van der Waals surface area contributed by atoms with Crippen LogP contribution in [0.1, 0.15) is 125 Å². The molecule has 1 aliphatic carbocycles. The zero-order valence-electron chi connectivity index (χ0n) is 30.8. The maximum atomic E-state index is 12.8. The quantitative estimate of drug-likeness (QED) is 0.0841. The van der Waals surface area contributed by atoms with E-state index < -0.39 is 6.03 Å². The normalized spacial score (nSPS) is 17.5. The molecule has 2 atom stereocenters. The molecule has 0 aromatic carbocycles. The molecule has 4 N–H and O–H groups in total. The number of aromatic nitrogens is 6. The summed E-state index contributed by atoms with van der Waals surface area (Å²) in [5.41, 5.74) is 3.40. The number of rotatable bonds is 18. The molecular formula is C38H52N10O5. The summed E-state index contributed by atoms with van der Waals surface area (Å²) in [6.07, 6.45) is 20.8. The van der Waals surface area contributed by atoms with E-state index in [-0.39, 0.29) is 42.4 Å². The van der Waals surface area contributed by atoms with E-state index in [4.69, 9.17) is 4.74 Å². The molecule has 2 aliphatic rings. The zero-order valence-corrected chi connectivity index (χ0v) is 30.8. The number of carbonyl (C=O) groups excluding carboxylic acids is 4. The molecule has 0 radical (unpaired) electrons. The highest BCUT2D eigenvalue weighted by molar-refractivity contribution is 6.05. The van der Waals surface area contributed by atoms with Crippen molar-refractivity contribution in [1.82, 2.24) is 40.0 Å². The first-order chi connectivity index (χ1) is 25.7. The van der Waals surface area contributed by atoms with Crippen LogP contribution < -0.4 is 20.9 Å². The Morgan fingerprint density at radius 1 is 1.00 bits per heavy atom. The number of alkyl carbamates (subject to hydrolysis) is 1. The lowest BCUT2D eigenvalue weighted by molar-refractivity contribution is -0.120. The van der Waals surface area contributed by atoms with Crippen molar-refractivity contribution < 1.29 is 23.9 Å². The van der Waals surface area contributed by atoms with Gasteiger partial charge in [0.15, 0.2) is 0 Å².